The molecular formula is C20H23FN3O8P. The first kappa shape index (κ1) is 23.7. The summed E-state index contributed by atoms with van der Waals surface area (Å²) in [4.78, 5) is 48.9. The number of benzene rings is 1. The fraction of sp³-hybridized carbons (Fsp3) is 0.450. The molecule has 1 spiro atoms. The molecule has 33 heavy (non-hydrogen) atoms. The zero-order valence-electron chi connectivity index (χ0n) is 17.4. The molecule has 2 aliphatic heterocycles. The standard InChI is InChI=1S/C20H23FN3O8P/c21-13-3-2-12(15(8-13)33(28,29)30)10-22-18(27)14-9-17(26)24-5-1-6-32-20(19(24)23-14)4-7-31-11-16(20)25/h2-3,8-9,16,25H,1,4-7,10-11H2,(H,22,27)(H2,28,29,30). The molecule has 1 amide bonds. The number of fused-ring (bicyclic) bond motifs is 2. The summed E-state index contributed by atoms with van der Waals surface area (Å²) < 4.78 is 37.8. The molecule has 0 saturated carbocycles. The fourth-order valence-electron chi connectivity index (χ4n) is 4.08. The normalized spacial score (nSPS) is 23.1. The lowest BCUT2D eigenvalue weighted by atomic mass is 9.89. The highest BCUT2D eigenvalue weighted by atomic mass is 31.2. The quantitative estimate of drug-likeness (QED) is 0.421. The van der Waals surface area contributed by atoms with Gasteiger partial charge in [-0.25, -0.2) is 9.37 Å². The third-order valence-electron chi connectivity index (χ3n) is 5.74. The highest BCUT2D eigenvalue weighted by Gasteiger charge is 2.48. The van der Waals surface area contributed by atoms with Crippen molar-refractivity contribution in [2.45, 2.75) is 37.6 Å². The number of carbonyl (C=O) groups is 1. The van der Waals surface area contributed by atoms with E-state index in [9.17, 15) is 33.4 Å². The third kappa shape index (κ3) is 4.63. The first-order chi connectivity index (χ1) is 15.6. The Morgan fingerprint density at radius 1 is 1.33 bits per heavy atom. The molecule has 11 nitrogen and oxygen atoms in total. The van der Waals surface area contributed by atoms with Crippen LogP contribution in [0.15, 0.2) is 29.1 Å². The molecule has 0 aliphatic carbocycles. The minimum absolute atomic E-state index is 0.0119. The van der Waals surface area contributed by atoms with E-state index in [0.29, 0.717) is 19.0 Å². The molecule has 1 aromatic carbocycles. The minimum atomic E-state index is -4.79. The van der Waals surface area contributed by atoms with E-state index in [1.165, 1.54) is 4.57 Å². The monoisotopic (exact) mass is 483 g/mol. The van der Waals surface area contributed by atoms with Crippen LogP contribution in [0.2, 0.25) is 0 Å². The maximum atomic E-state index is 13.5. The molecule has 0 bridgehead atoms. The summed E-state index contributed by atoms with van der Waals surface area (Å²) in [7, 11) is -4.79. The van der Waals surface area contributed by atoms with Crippen LogP contribution in [0.1, 0.15) is 34.7 Å². The average molecular weight is 483 g/mol. The van der Waals surface area contributed by atoms with E-state index in [4.69, 9.17) is 9.47 Å². The van der Waals surface area contributed by atoms with Gasteiger partial charge in [-0.3, -0.25) is 18.7 Å². The van der Waals surface area contributed by atoms with Gasteiger partial charge in [0.05, 0.1) is 18.5 Å². The zero-order chi connectivity index (χ0) is 23.8. The van der Waals surface area contributed by atoms with E-state index >= 15 is 0 Å². The Bertz CT molecular complexity index is 1180. The lowest BCUT2D eigenvalue weighted by Crippen LogP contribution is -2.51. The Balaban J connectivity index is 1.66. The van der Waals surface area contributed by atoms with Crippen LogP contribution in [0.25, 0.3) is 0 Å². The SMILES string of the molecule is O=C(NCc1ccc(F)cc1P(=O)(O)O)c1cc(=O)n2c(n1)C1(CCOCC1O)OCCC2. The topological polar surface area (TPSA) is 160 Å². The summed E-state index contributed by atoms with van der Waals surface area (Å²) in [6.07, 6.45) is -0.330. The van der Waals surface area contributed by atoms with Gasteiger partial charge in [-0.2, -0.15) is 0 Å². The molecule has 2 aliphatic rings. The van der Waals surface area contributed by atoms with Crippen molar-refractivity contribution in [2.24, 2.45) is 0 Å². The molecule has 13 heteroatoms. The summed E-state index contributed by atoms with van der Waals surface area (Å²) in [6, 6.07) is 3.94. The summed E-state index contributed by atoms with van der Waals surface area (Å²) >= 11 is 0. The van der Waals surface area contributed by atoms with E-state index in [1.54, 1.807) is 0 Å². The summed E-state index contributed by atoms with van der Waals surface area (Å²) in [6.45, 7) is 0.523. The van der Waals surface area contributed by atoms with Gasteiger partial charge in [0.25, 0.3) is 11.5 Å². The van der Waals surface area contributed by atoms with Crippen molar-refractivity contribution in [2.75, 3.05) is 19.8 Å². The van der Waals surface area contributed by atoms with Gasteiger partial charge in [-0.05, 0) is 24.1 Å². The van der Waals surface area contributed by atoms with E-state index in [-0.39, 0.29) is 49.9 Å². The fourth-order valence-corrected chi connectivity index (χ4v) is 4.90. The molecule has 2 aromatic rings. The number of amides is 1. The Labute approximate surface area is 187 Å². The Kier molecular flexibility index (Phi) is 6.50. The molecule has 2 unspecified atom stereocenters. The van der Waals surface area contributed by atoms with E-state index in [2.05, 4.69) is 10.3 Å². The van der Waals surface area contributed by atoms with Crippen molar-refractivity contribution < 1.29 is 38.1 Å². The maximum Gasteiger partial charge on any atom is 0.356 e. The second kappa shape index (κ2) is 9.05. The second-order valence-electron chi connectivity index (χ2n) is 7.89. The number of halogens is 1. The Morgan fingerprint density at radius 2 is 2.12 bits per heavy atom. The molecule has 178 valence electrons. The second-order valence-corrected chi connectivity index (χ2v) is 9.46. The highest BCUT2D eigenvalue weighted by molar-refractivity contribution is 7.60. The van der Waals surface area contributed by atoms with Gasteiger partial charge in [-0.15, -0.1) is 0 Å². The van der Waals surface area contributed by atoms with Crippen LogP contribution in [0.4, 0.5) is 4.39 Å². The molecule has 4 rings (SSSR count). The molecule has 3 heterocycles. The molecule has 1 fully saturated rings. The van der Waals surface area contributed by atoms with E-state index in [0.717, 1.165) is 18.2 Å². The Morgan fingerprint density at radius 3 is 2.85 bits per heavy atom. The number of hydrogen-bond acceptors (Lipinski definition) is 7. The first-order valence-corrected chi connectivity index (χ1v) is 11.9. The molecule has 1 aromatic heterocycles. The molecule has 0 radical (unpaired) electrons. The van der Waals surface area contributed by atoms with Crippen molar-refractivity contribution in [1.82, 2.24) is 14.9 Å². The van der Waals surface area contributed by atoms with Crippen molar-refractivity contribution in [3.05, 3.63) is 57.5 Å². The number of aliphatic hydroxyl groups excluding tert-OH is 1. The van der Waals surface area contributed by atoms with Crippen LogP contribution in [-0.2, 0) is 32.7 Å². The maximum absolute atomic E-state index is 13.5. The number of carbonyl (C=O) groups excluding carboxylic acids is 1. The average Bonchev–Trinajstić information content (AvgIpc) is 2.95. The smallest absolute Gasteiger partial charge is 0.356 e. The van der Waals surface area contributed by atoms with Crippen molar-refractivity contribution in [3.63, 3.8) is 0 Å². The number of aromatic nitrogens is 2. The number of rotatable bonds is 4. The predicted octanol–water partition coefficient (Wildman–Crippen LogP) is -0.488. The van der Waals surface area contributed by atoms with Crippen LogP contribution >= 0.6 is 7.60 Å². The zero-order valence-corrected chi connectivity index (χ0v) is 18.3. The lowest BCUT2D eigenvalue weighted by Gasteiger charge is -2.40. The minimum Gasteiger partial charge on any atom is -0.387 e. The summed E-state index contributed by atoms with van der Waals surface area (Å²) in [5.41, 5.74) is -2.01. The summed E-state index contributed by atoms with van der Waals surface area (Å²) in [5, 5.41) is 12.6. The van der Waals surface area contributed by atoms with Crippen LogP contribution < -0.4 is 16.2 Å². The van der Waals surface area contributed by atoms with Crippen LogP contribution in [0.3, 0.4) is 0 Å². The largest absolute Gasteiger partial charge is 0.387 e. The number of nitrogens with one attached hydrogen (secondary N) is 1. The molecule has 2 atom stereocenters. The van der Waals surface area contributed by atoms with Gasteiger partial charge >= 0.3 is 7.60 Å². The van der Waals surface area contributed by atoms with Gasteiger partial charge in [0.2, 0.25) is 0 Å². The van der Waals surface area contributed by atoms with Crippen molar-refractivity contribution >= 4 is 18.8 Å². The van der Waals surface area contributed by atoms with Crippen molar-refractivity contribution in [3.8, 4) is 0 Å². The highest BCUT2D eigenvalue weighted by Crippen LogP contribution is 2.37. The van der Waals surface area contributed by atoms with Gasteiger partial charge in [0.1, 0.15) is 23.4 Å². The van der Waals surface area contributed by atoms with Gasteiger partial charge in [-0.1, -0.05) is 6.07 Å². The summed E-state index contributed by atoms with van der Waals surface area (Å²) in [5.74, 6) is -1.48. The number of aliphatic hydroxyl groups is 1. The third-order valence-corrected chi connectivity index (χ3v) is 6.78. The number of hydrogen-bond donors (Lipinski definition) is 4. The van der Waals surface area contributed by atoms with E-state index < -0.39 is 41.9 Å². The van der Waals surface area contributed by atoms with Crippen LogP contribution in [0, 0.1) is 5.82 Å². The Hall–Kier alpha value is -2.47. The molecular weight excluding hydrogens is 460 g/mol. The van der Waals surface area contributed by atoms with E-state index in [1.807, 2.05) is 0 Å². The van der Waals surface area contributed by atoms with Crippen molar-refractivity contribution in [1.29, 1.82) is 0 Å². The van der Waals surface area contributed by atoms with Gasteiger partial charge in [0, 0.05) is 32.2 Å². The number of nitrogens with zero attached hydrogens (tertiary/aromatic N) is 2. The van der Waals surface area contributed by atoms with Gasteiger partial charge in [0.15, 0.2) is 5.60 Å². The predicted molar refractivity (Wildman–Crippen MR) is 111 cm³/mol. The molecule has 1 saturated heterocycles. The number of ether oxygens (including phenoxy) is 2. The van der Waals surface area contributed by atoms with Crippen LogP contribution in [0.5, 0.6) is 0 Å². The van der Waals surface area contributed by atoms with Gasteiger partial charge < -0.3 is 29.7 Å². The lowest BCUT2D eigenvalue weighted by molar-refractivity contribution is -0.191. The molecule has 4 N–H and O–H groups in total. The van der Waals surface area contributed by atoms with Crippen LogP contribution in [-0.4, -0.2) is 56.3 Å². The first-order valence-electron chi connectivity index (χ1n) is 10.3.